The first-order valence-electron chi connectivity index (χ1n) is 7.58. The van der Waals surface area contributed by atoms with Crippen LogP contribution >= 0.6 is 0 Å². The topological polar surface area (TPSA) is 50.8 Å². The van der Waals surface area contributed by atoms with Crippen molar-refractivity contribution in [3.05, 3.63) is 29.3 Å². The van der Waals surface area contributed by atoms with Crippen LogP contribution in [0.2, 0.25) is 0 Å². The third kappa shape index (κ3) is 2.30. The minimum Gasteiger partial charge on any atom is -0.497 e. The number of rotatable bonds is 3. The minimum absolute atomic E-state index is 0.0358. The third-order valence-corrected chi connectivity index (χ3v) is 4.44. The van der Waals surface area contributed by atoms with Crippen LogP contribution in [0.1, 0.15) is 43.9 Å². The summed E-state index contributed by atoms with van der Waals surface area (Å²) in [5, 5.41) is 5.06. The molecule has 1 fully saturated rings. The maximum absolute atomic E-state index is 12.5. The standard InChI is InChI=1S/C16H22N2O3/c1-4-13-15-12-7-6-11(20-3)8-10(12)9-21-18(15)16(19)14(5-2)17-13/h6-8,13-15,17H,4-5,9H2,1-3H3. The number of piperazine rings is 1. The molecule has 5 heteroatoms. The summed E-state index contributed by atoms with van der Waals surface area (Å²) < 4.78 is 5.27. The molecule has 0 aliphatic carbocycles. The summed E-state index contributed by atoms with van der Waals surface area (Å²) in [4.78, 5) is 18.3. The van der Waals surface area contributed by atoms with Gasteiger partial charge in [-0.25, -0.2) is 5.06 Å². The van der Waals surface area contributed by atoms with Gasteiger partial charge in [-0.3, -0.25) is 9.63 Å². The molecule has 0 spiro atoms. The van der Waals surface area contributed by atoms with E-state index in [1.165, 1.54) is 0 Å². The van der Waals surface area contributed by atoms with Crippen molar-refractivity contribution in [2.24, 2.45) is 0 Å². The fraction of sp³-hybridized carbons (Fsp3) is 0.562. The lowest BCUT2D eigenvalue weighted by molar-refractivity contribution is -0.228. The van der Waals surface area contributed by atoms with Crippen molar-refractivity contribution >= 4 is 5.91 Å². The number of carbonyl (C=O) groups excluding carboxylic acids is 1. The summed E-state index contributed by atoms with van der Waals surface area (Å²) in [6.07, 6.45) is 1.72. The highest BCUT2D eigenvalue weighted by Crippen LogP contribution is 2.38. The molecular weight excluding hydrogens is 268 g/mol. The number of hydrogen-bond acceptors (Lipinski definition) is 4. The van der Waals surface area contributed by atoms with Gasteiger partial charge in [0.1, 0.15) is 18.4 Å². The van der Waals surface area contributed by atoms with E-state index in [-0.39, 0.29) is 24.0 Å². The Hall–Kier alpha value is -1.59. The van der Waals surface area contributed by atoms with Crippen LogP contribution in [-0.2, 0) is 16.2 Å². The average Bonchev–Trinajstić information content (AvgIpc) is 2.54. The van der Waals surface area contributed by atoms with Crippen molar-refractivity contribution in [1.29, 1.82) is 0 Å². The maximum Gasteiger partial charge on any atom is 0.263 e. The number of hydrogen-bond donors (Lipinski definition) is 1. The summed E-state index contributed by atoms with van der Waals surface area (Å²) in [5.74, 6) is 0.856. The van der Waals surface area contributed by atoms with Crippen LogP contribution in [0.25, 0.3) is 0 Å². The molecule has 2 aliphatic heterocycles. The smallest absolute Gasteiger partial charge is 0.263 e. The number of fused-ring (bicyclic) bond motifs is 3. The van der Waals surface area contributed by atoms with E-state index in [2.05, 4.69) is 18.3 Å². The Balaban J connectivity index is 2.00. The van der Waals surface area contributed by atoms with Crippen molar-refractivity contribution in [2.75, 3.05) is 7.11 Å². The number of hydroxylamine groups is 2. The van der Waals surface area contributed by atoms with Crippen LogP contribution in [0.3, 0.4) is 0 Å². The zero-order chi connectivity index (χ0) is 15.0. The first kappa shape index (κ1) is 14.4. The first-order valence-corrected chi connectivity index (χ1v) is 7.58. The molecule has 1 N–H and O–H groups in total. The van der Waals surface area contributed by atoms with Crippen molar-refractivity contribution in [1.82, 2.24) is 10.4 Å². The Labute approximate surface area is 125 Å². The quantitative estimate of drug-likeness (QED) is 0.927. The molecule has 3 atom stereocenters. The highest BCUT2D eigenvalue weighted by molar-refractivity contribution is 5.82. The lowest BCUT2D eigenvalue weighted by Crippen LogP contribution is -2.61. The van der Waals surface area contributed by atoms with E-state index in [4.69, 9.17) is 9.57 Å². The largest absolute Gasteiger partial charge is 0.497 e. The Morgan fingerprint density at radius 1 is 1.38 bits per heavy atom. The van der Waals surface area contributed by atoms with Gasteiger partial charge in [-0.05, 0) is 36.1 Å². The zero-order valence-corrected chi connectivity index (χ0v) is 12.8. The Morgan fingerprint density at radius 3 is 2.86 bits per heavy atom. The average molecular weight is 290 g/mol. The van der Waals surface area contributed by atoms with Gasteiger partial charge in [0.15, 0.2) is 0 Å². The summed E-state index contributed by atoms with van der Waals surface area (Å²) in [6, 6.07) is 6.01. The lowest BCUT2D eigenvalue weighted by atomic mass is 9.88. The van der Waals surface area contributed by atoms with Gasteiger partial charge >= 0.3 is 0 Å². The fourth-order valence-electron chi connectivity index (χ4n) is 3.26. The fourth-order valence-corrected chi connectivity index (χ4v) is 3.26. The molecule has 21 heavy (non-hydrogen) atoms. The van der Waals surface area contributed by atoms with Gasteiger partial charge < -0.3 is 10.1 Å². The number of amides is 1. The summed E-state index contributed by atoms with van der Waals surface area (Å²) >= 11 is 0. The molecule has 1 aromatic rings. The van der Waals surface area contributed by atoms with E-state index < -0.39 is 0 Å². The van der Waals surface area contributed by atoms with Crippen molar-refractivity contribution in [3.8, 4) is 5.75 Å². The predicted molar refractivity (Wildman–Crippen MR) is 78.7 cm³/mol. The molecule has 0 bridgehead atoms. The van der Waals surface area contributed by atoms with E-state index in [0.717, 1.165) is 29.7 Å². The molecule has 1 amide bonds. The molecule has 3 rings (SSSR count). The molecule has 1 saturated heterocycles. The van der Waals surface area contributed by atoms with Crippen LogP contribution in [0.4, 0.5) is 0 Å². The van der Waals surface area contributed by atoms with Crippen LogP contribution in [0.15, 0.2) is 18.2 Å². The van der Waals surface area contributed by atoms with Gasteiger partial charge in [-0.2, -0.15) is 0 Å². The van der Waals surface area contributed by atoms with Crippen LogP contribution in [0, 0.1) is 0 Å². The zero-order valence-electron chi connectivity index (χ0n) is 12.8. The van der Waals surface area contributed by atoms with E-state index in [1.54, 1.807) is 12.2 Å². The van der Waals surface area contributed by atoms with E-state index in [9.17, 15) is 4.79 Å². The molecular formula is C16H22N2O3. The van der Waals surface area contributed by atoms with Crippen LogP contribution in [0.5, 0.6) is 5.75 Å². The van der Waals surface area contributed by atoms with E-state index >= 15 is 0 Å². The number of benzene rings is 1. The Kier molecular flexibility index (Phi) is 3.87. The normalized spacial score (nSPS) is 28.0. The van der Waals surface area contributed by atoms with Crippen molar-refractivity contribution in [3.63, 3.8) is 0 Å². The molecule has 2 heterocycles. The highest BCUT2D eigenvalue weighted by Gasteiger charge is 2.44. The van der Waals surface area contributed by atoms with Gasteiger partial charge in [-0.15, -0.1) is 0 Å². The molecule has 3 unspecified atom stereocenters. The first-order chi connectivity index (χ1) is 10.2. The second kappa shape index (κ2) is 5.66. The minimum atomic E-state index is -0.147. The number of carbonyl (C=O) groups is 1. The number of nitrogens with zero attached hydrogens (tertiary/aromatic N) is 1. The van der Waals surface area contributed by atoms with E-state index in [0.29, 0.717) is 6.61 Å². The SMILES string of the molecule is CCC1NC(CC)C2c3ccc(OC)cc3CON2C1=O. The molecule has 0 saturated carbocycles. The van der Waals surface area contributed by atoms with Gasteiger partial charge in [-0.1, -0.05) is 19.9 Å². The van der Waals surface area contributed by atoms with Gasteiger partial charge in [0.05, 0.1) is 13.2 Å². The van der Waals surface area contributed by atoms with Gasteiger partial charge in [0.2, 0.25) is 0 Å². The molecule has 5 nitrogen and oxygen atoms in total. The monoisotopic (exact) mass is 290 g/mol. The van der Waals surface area contributed by atoms with Crippen LogP contribution in [-0.4, -0.2) is 30.2 Å². The summed E-state index contributed by atoms with van der Waals surface area (Å²) in [5.41, 5.74) is 2.25. The maximum atomic E-state index is 12.5. The predicted octanol–water partition coefficient (Wildman–Crippen LogP) is 2.17. The summed E-state index contributed by atoms with van der Waals surface area (Å²) in [7, 11) is 1.66. The Bertz CT molecular complexity index is 546. The molecule has 2 aliphatic rings. The van der Waals surface area contributed by atoms with Gasteiger partial charge in [0.25, 0.3) is 5.91 Å². The second-order valence-electron chi connectivity index (χ2n) is 5.59. The molecule has 0 radical (unpaired) electrons. The number of ether oxygens (including phenoxy) is 1. The summed E-state index contributed by atoms with van der Waals surface area (Å²) in [6.45, 7) is 4.57. The van der Waals surface area contributed by atoms with Gasteiger partial charge in [0, 0.05) is 6.04 Å². The number of nitrogens with one attached hydrogen (secondary N) is 1. The molecule has 114 valence electrons. The second-order valence-corrected chi connectivity index (χ2v) is 5.59. The molecule has 1 aromatic carbocycles. The highest BCUT2D eigenvalue weighted by atomic mass is 16.7. The van der Waals surface area contributed by atoms with Crippen molar-refractivity contribution in [2.45, 2.75) is 51.4 Å². The molecule has 0 aromatic heterocycles. The Morgan fingerprint density at radius 2 is 2.19 bits per heavy atom. The van der Waals surface area contributed by atoms with Crippen molar-refractivity contribution < 1.29 is 14.4 Å². The van der Waals surface area contributed by atoms with E-state index in [1.807, 2.05) is 19.1 Å². The van der Waals surface area contributed by atoms with Crippen LogP contribution < -0.4 is 10.1 Å². The third-order valence-electron chi connectivity index (χ3n) is 4.44. The number of methoxy groups -OCH3 is 1. The lowest BCUT2D eigenvalue weighted by Gasteiger charge is -2.46.